The zero-order valence-electron chi connectivity index (χ0n) is 22.0. The molecule has 3 heterocycles. The summed E-state index contributed by atoms with van der Waals surface area (Å²) in [5, 5.41) is 0. The van der Waals surface area contributed by atoms with Gasteiger partial charge in [0.15, 0.2) is 12.6 Å². The Morgan fingerprint density at radius 1 is 1.14 bits per heavy atom. The Balaban J connectivity index is 1.45. The predicted octanol–water partition coefficient (Wildman–Crippen LogP) is 4.01. The second kappa shape index (κ2) is 11.7. The van der Waals surface area contributed by atoms with Crippen LogP contribution in [0, 0.1) is 11.8 Å². The van der Waals surface area contributed by atoms with Gasteiger partial charge in [0, 0.05) is 18.8 Å². The Kier molecular flexibility index (Phi) is 8.86. The van der Waals surface area contributed by atoms with Crippen molar-refractivity contribution in [3.05, 3.63) is 48.6 Å². The van der Waals surface area contributed by atoms with E-state index in [0.717, 1.165) is 12.0 Å². The van der Waals surface area contributed by atoms with Gasteiger partial charge in [0.05, 0.1) is 37.6 Å². The van der Waals surface area contributed by atoms with E-state index in [1.165, 1.54) is 6.92 Å². The molecular formula is C28H40O8. The standard InChI is InChI=1S/C28H40O8/c1-7-13-30-27-21-14-28(5,6)36-25(21)24(18(3)33-27)35-26-17(2)23(34-19(4)29)22(16-32-26)31-15-20-11-9-8-10-12-20/h7-12,17-18,21-27H,1,13-16H2,2-6H3/t17?,18?,21?,22-,23?,24+,25?,26+,27-/m1/s1. The van der Waals surface area contributed by atoms with Crippen LogP contribution in [0.4, 0.5) is 0 Å². The molecule has 1 aromatic rings. The van der Waals surface area contributed by atoms with Gasteiger partial charge in [-0.2, -0.15) is 0 Å². The first-order valence-electron chi connectivity index (χ1n) is 12.8. The molecule has 0 N–H and O–H groups in total. The lowest BCUT2D eigenvalue weighted by Gasteiger charge is -2.46. The lowest BCUT2D eigenvalue weighted by Crippen LogP contribution is -2.58. The summed E-state index contributed by atoms with van der Waals surface area (Å²) < 4.78 is 43.2. The van der Waals surface area contributed by atoms with Crippen molar-refractivity contribution in [3.8, 4) is 0 Å². The maximum atomic E-state index is 11.9. The summed E-state index contributed by atoms with van der Waals surface area (Å²) in [4.78, 5) is 11.9. The van der Waals surface area contributed by atoms with E-state index in [1.807, 2.05) is 44.2 Å². The molecule has 200 valence electrons. The van der Waals surface area contributed by atoms with Gasteiger partial charge in [-0.05, 0) is 32.8 Å². The zero-order chi connectivity index (χ0) is 25.9. The fourth-order valence-electron chi connectivity index (χ4n) is 5.46. The van der Waals surface area contributed by atoms with E-state index >= 15 is 0 Å². The van der Waals surface area contributed by atoms with E-state index in [2.05, 4.69) is 20.4 Å². The Morgan fingerprint density at radius 3 is 2.58 bits per heavy atom. The minimum Gasteiger partial charge on any atom is -0.459 e. The van der Waals surface area contributed by atoms with Crippen molar-refractivity contribution in [2.45, 2.75) is 96.3 Å². The fraction of sp³-hybridized carbons (Fsp3) is 0.679. The highest BCUT2D eigenvalue weighted by atomic mass is 16.7. The van der Waals surface area contributed by atoms with E-state index in [1.54, 1.807) is 6.08 Å². The minimum atomic E-state index is -0.611. The molecule has 3 fully saturated rings. The molecular weight excluding hydrogens is 464 g/mol. The number of carbonyl (C=O) groups excluding carboxylic acids is 1. The average molecular weight is 505 g/mol. The van der Waals surface area contributed by atoms with Crippen LogP contribution < -0.4 is 0 Å². The Bertz CT molecular complexity index is 874. The summed E-state index contributed by atoms with van der Waals surface area (Å²) in [5.41, 5.74) is 0.717. The molecule has 4 rings (SSSR count). The molecule has 8 nitrogen and oxygen atoms in total. The summed E-state index contributed by atoms with van der Waals surface area (Å²) in [7, 11) is 0. The van der Waals surface area contributed by atoms with Gasteiger partial charge in [0.25, 0.3) is 0 Å². The van der Waals surface area contributed by atoms with Gasteiger partial charge in [0.2, 0.25) is 0 Å². The maximum Gasteiger partial charge on any atom is 0.303 e. The van der Waals surface area contributed by atoms with Crippen LogP contribution in [0.2, 0.25) is 0 Å². The monoisotopic (exact) mass is 504 g/mol. The van der Waals surface area contributed by atoms with E-state index < -0.39 is 18.5 Å². The molecule has 0 bridgehead atoms. The lowest BCUT2D eigenvalue weighted by atomic mass is 9.87. The number of hydrogen-bond acceptors (Lipinski definition) is 8. The van der Waals surface area contributed by atoms with Gasteiger partial charge in [-0.25, -0.2) is 0 Å². The van der Waals surface area contributed by atoms with Crippen molar-refractivity contribution in [2.24, 2.45) is 11.8 Å². The lowest BCUT2D eigenvalue weighted by molar-refractivity contribution is -0.326. The zero-order valence-corrected chi connectivity index (χ0v) is 22.0. The molecule has 0 aliphatic carbocycles. The highest BCUT2D eigenvalue weighted by Crippen LogP contribution is 2.45. The van der Waals surface area contributed by atoms with Crippen LogP contribution in [-0.2, 0) is 44.6 Å². The van der Waals surface area contributed by atoms with Crippen molar-refractivity contribution in [1.82, 2.24) is 0 Å². The summed E-state index contributed by atoms with van der Waals surface area (Å²) in [6, 6.07) is 9.88. The van der Waals surface area contributed by atoms with Crippen molar-refractivity contribution in [1.29, 1.82) is 0 Å². The Hall–Kier alpha value is -1.81. The van der Waals surface area contributed by atoms with Crippen LogP contribution in [0.25, 0.3) is 0 Å². The van der Waals surface area contributed by atoms with Gasteiger partial charge in [-0.15, -0.1) is 6.58 Å². The van der Waals surface area contributed by atoms with E-state index in [4.69, 9.17) is 33.2 Å². The molecule has 0 aromatic heterocycles. The second-order valence-corrected chi connectivity index (χ2v) is 10.6. The van der Waals surface area contributed by atoms with Crippen molar-refractivity contribution >= 4 is 5.97 Å². The van der Waals surface area contributed by atoms with Gasteiger partial charge in [-0.1, -0.05) is 43.3 Å². The Morgan fingerprint density at radius 2 is 1.89 bits per heavy atom. The largest absolute Gasteiger partial charge is 0.459 e. The molecule has 3 saturated heterocycles. The van der Waals surface area contributed by atoms with Crippen LogP contribution in [0.1, 0.15) is 46.6 Å². The van der Waals surface area contributed by atoms with Crippen molar-refractivity contribution in [3.63, 3.8) is 0 Å². The highest BCUT2D eigenvalue weighted by molar-refractivity contribution is 5.66. The molecule has 8 heteroatoms. The summed E-state index contributed by atoms with van der Waals surface area (Å²) in [6.07, 6.45) is -0.278. The van der Waals surface area contributed by atoms with Gasteiger partial charge < -0.3 is 33.2 Å². The number of esters is 1. The normalized spacial score (nSPS) is 37.8. The molecule has 9 atom stereocenters. The smallest absolute Gasteiger partial charge is 0.303 e. The van der Waals surface area contributed by atoms with Crippen molar-refractivity contribution < 1.29 is 38.0 Å². The van der Waals surface area contributed by atoms with Gasteiger partial charge in [0.1, 0.15) is 18.3 Å². The van der Waals surface area contributed by atoms with Crippen LogP contribution in [0.3, 0.4) is 0 Å². The number of rotatable bonds is 9. The second-order valence-electron chi connectivity index (χ2n) is 10.6. The summed E-state index contributed by atoms with van der Waals surface area (Å²) in [5.74, 6) is -0.608. The van der Waals surface area contributed by atoms with Gasteiger partial charge in [-0.3, -0.25) is 4.79 Å². The van der Waals surface area contributed by atoms with Gasteiger partial charge >= 0.3 is 5.97 Å². The van der Waals surface area contributed by atoms with E-state index in [0.29, 0.717) is 13.2 Å². The fourth-order valence-corrected chi connectivity index (χ4v) is 5.46. The number of benzene rings is 1. The first-order valence-corrected chi connectivity index (χ1v) is 12.8. The molecule has 3 aliphatic heterocycles. The average Bonchev–Trinajstić information content (AvgIpc) is 3.17. The third-order valence-corrected chi connectivity index (χ3v) is 7.11. The molecule has 0 radical (unpaired) electrons. The molecule has 5 unspecified atom stereocenters. The first-order chi connectivity index (χ1) is 17.2. The predicted molar refractivity (Wildman–Crippen MR) is 132 cm³/mol. The highest BCUT2D eigenvalue weighted by Gasteiger charge is 2.55. The maximum absolute atomic E-state index is 11.9. The number of carbonyl (C=O) groups is 1. The number of hydrogen-bond donors (Lipinski definition) is 0. The van der Waals surface area contributed by atoms with Crippen molar-refractivity contribution in [2.75, 3.05) is 13.2 Å². The molecule has 36 heavy (non-hydrogen) atoms. The van der Waals surface area contributed by atoms with Crippen LogP contribution in [0.5, 0.6) is 0 Å². The van der Waals surface area contributed by atoms with Crippen LogP contribution >= 0.6 is 0 Å². The molecule has 0 amide bonds. The summed E-state index contributed by atoms with van der Waals surface area (Å²) >= 11 is 0. The third kappa shape index (κ3) is 6.36. The third-order valence-electron chi connectivity index (χ3n) is 7.11. The van der Waals surface area contributed by atoms with Crippen LogP contribution in [-0.4, -0.2) is 67.9 Å². The Labute approximate surface area is 214 Å². The minimum absolute atomic E-state index is 0.0197. The summed E-state index contributed by atoms with van der Waals surface area (Å²) in [6.45, 7) is 14.3. The first kappa shape index (κ1) is 27.2. The molecule has 0 spiro atoms. The molecule has 1 aromatic carbocycles. The topological polar surface area (TPSA) is 81.7 Å². The number of ether oxygens (including phenoxy) is 7. The SMILES string of the molecule is C=CCO[C@@H]1OC(C)[C@H](O[C@@H]2OC[C@@H](OCc3ccccc3)C(OC(C)=O)C2C)C2OC(C)(C)CC21. The quantitative estimate of drug-likeness (QED) is 0.369. The van der Waals surface area contributed by atoms with E-state index in [-0.39, 0.29) is 54.6 Å². The van der Waals surface area contributed by atoms with Crippen LogP contribution in [0.15, 0.2) is 43.0 Å². The van der Waals surface area contributed by atoms with E-state index in [9.17, 15) is 4.79 Å². The number of fused-ring (bicyclic) bond motifs is 1. The molecule has 0 saturated carbocycles. The molecule has 3 aliphatic rings.